The summed E-state index contributed by atoms with van der Waals surface area (Å²) in [5.74, 6) is -0.553. The van der Waals surface area contributed by atoms with Gasteiger partial charge in [0.05, 0.1) is 12.0 Å². The molecular formula is C22H44O5Si2. The minimum absolute atomic E-state index is 0.00212. The van der Waals surface area contributed by atoms with Crippen molar-refractivity contribution in [3.8, 4) is 0 Å². The monoisotopic (exact) mass is 444 g/mol. The first-order valence-corrected chi connectivity index (χ1v) is 16.7. The number of ether oxygens (including phenoxy) is 1. The van der Waals surface area contributed by atoms with Crippen LogP contribution < -0.4 is 0 Å². The van der Waals surface area contributed by atoms with Gasteiger partial charge in [-0.25, -0.2) is 0 Å². The van der Waals surface area contributed by atoms with Crippen molar-refractivity contribution in [2.45, 2.75) is 116 Å². The van der Waals surface area contributed by atoms with Crippen LogP contribution >= 0.6 is 0 Å². The van der Waals surface area contributed by atoms with Crippen LogP contribution in [0.5, 0.6) is 0 Å². The molecule has 0 saturated carbocycles. The van der Waals surface area contributed by atoms with Crippen molar-refractivity contribution in [1.82, 2.24) is 0 Å². The molecule has 0 bridgehead atoms. The van der Waals surface area contributed by atoms with Gasteiger partial charge in [-0.2, -0.15) is 0 Å². The first-order chi connectivity index (χ1) is 12.8. The van der Waals surface area contributed by atoms with Crippen molar-refractivity contribution < 1.29 is 23.2 Å². The lowest BCUT2D eigenvalue weighted by atomic mass is 9.84. The van der Waals surface area contributed by atoms with Crippen LogP contribution in [0.3, 0.4) is 0 Å². The highest BCUT2D eigenvalue weighted by atomic mass is 28.4. The molecule has 5 atom stereocenters. The first kappa shape index (κ1) is 26.5. The van der Waals surface area contributed by atoms with Gasteiger partial charge in [-0.1, -0.05) is 48.5 Å². The number of rotatable bonds is 7. The summed E-state index contributed by atoms with van der Waals surface area (Å²) in [7, 11) is -4.15. The average molecular weight is 445 g/mol. The summed E-state index contributed by atoms with van der Waals surface area (Å²) in [6.07, 6.45) is 0.0873. The summed E-state index contributed by atoms with van der Waals surface area (Å²) >= 11 is 0. The van der Waals surface area contributed by atoms with Crippen LogP contribution in [0.1, 0.15) is 61.8 Å². The van der Waals surface area contributed by atoms with Crippen molar-refractivity contribution in [2.75, 3.05) is 0 Å². The molecule has 1 fully saturated rings. The number of hydrogen-bond acceptors (Lipinski definition) is 5. The van der Waals surface area contributed by atoms with Crippen LogP contribution in [-0.2, 0) is 23.2 Å². The molecule has 0 aromatic rings. The molecule has 1 heterocycles. The van der Waals surface area contributed by atoms with E-state index in [1.54, 1.807) is 0 Å². The fourth-order valence-corrected chi connectivity index (χ4v) is 5.78. The topological polar surface area (TPSA) is 61.8 Å². The standard InChI is InChI=1S/C22H44O5Si2/c1-15-18(13-17(14-23)26-28(9,10)21(3,4)5)25-20(24)16(2)19(15)27-29(11,12)22(6,7)8/h14-19H,13H2,1-12H3/t15-,16+,17-,18-,19-/m1/s1. The van der Waals surface area contributed by atoms with Gasteiger partial charge in [0.2, 0.25) is 0 Å². The predicted molar refractivity (Wildman–Crippen MR) is 123 cm³/mol. The predicted octanol–water partition coefficient (Wildman–Crippen LogP) is 5.55. The van der Waals surface area contributed by atoms with Crippen molar-refractivity contribution in [2.24, 2.45) is 11.8 Å². The number of cyclic esters (lactones) is 1. The maximum atomic E-state index is 12.6. The number of esters is 1. The van der Waals surface area contributed by atoms with Gasteiger partial charge in [0.1, 0.15) is 18.5 Å². The quantitative estimate of drug-likeness (QED) is 0.292. The molecule has 1 aliphatic heterocycles. The molecule has 1 aliphatic rings. The van der Waals surface area contributed by atoms with Crippen LogP contribution in [0.2, 0.25) is 36.3 Å². The second-order valence-electron chi connectivity index (χ2n) is 11.8. The highest BCUT2D eigenvalue weighted by Gasteiger charge is 2.48. The lowest BCUT2D eigenvalue weighted by Gasteiger charge is -2.46. The third kappa shape index (κ3) is 6.24. The Morgan fingerprint density at radius 1 is 1.00 bits per heavy atom. The number of carbonyl (C=O) groups is 2. The minimum Gasteiger partial charge on any atom is -0.462 e. The maximum absolute atomic E-state index is 12.6. The van der Waals surface area contributed by atoms with Crippen LogP contribution in [0.25, 0.3) is 0 Å². The number of aldehydes is 1. The van der Waals surface area contributed by atoms with Gasteiger partial charge in [0, 0.05) is 12.3 Å². The van der Waals surface area contributed by atoms with Gasteiger partial charge < -0.3 is 18.4 Å². The van der Waals surface area contributed by atoms with E-state index >= 15 is 0 Å². The lowest BCUT2D eigenvalue weighted by Crippen LogP contribution is -2.55. The van der Waals surface area contributed by atoms with Crippen LogP contribution in [-0.4, -0.2) is 47.2 Å². The summed E-state index contributed by atoms with van der Waals surface area (Å²) in [6.45, 7) is 25.7. The SMILES string of the molecule is C[C@H]1[C@@H](O[Si](C)(C)C(C)(C)C)[C@H](C)C(=O)O[C@@H]1C[C@H](C=O)O[Si](C)(C)C(C)(C)C. The normalized spacial score (nSPS) is 28.1. The van der Waals surface area contributed by atoms with Crippen molar-refractivity contribution in [1.29, 1.82) is 0 Å². The average Bonchev–Trinajstić information content (AvgIpc) is 2.53. The molecule has 0 amide bonds. The molecule has 0 spiro atoms. The van der Waals surface area contributed by atoms with E-state index in [0.29, 0.717) is 6.42 Å². The molecule has 7 heteroatoms. The minimum atomic E-state index is -2.10. The summed E-state index contributed by atoms with van der Waals surface area (Å²) in [4.78, 5) is 24.4. The molecule has 5 nitrogen and oxygen atoms in total. The second-order valence-corrected chi connectivity index (χ2v) is 21.3. The summed E-state index contributed by atoms with van der Waals surface area (Å²) < 4.78 is 18.7. The third-order valence-corrected chi connectivity index (χ3v) is 16.3. The van der Waals surface area contributed by atoms with Gasteiger partial charge in [0.15, 0.2) is 16.6 Å². The Balaban J connectivity index is 3.02. The Morgan fingerprint density at radius 2 is 1.48 bits per heavy atom. The highest BCUT2D eigenvalue weighted by molar-refractivity contribution is 6.74. The lowest BCUT2D eigenvalue weighted by molar-refractivity contribution is -0.178. The third-order valence-electron chi connectivity index (χ3n) is 7.34. The fraction of sp³-hybridized carbons (Fsp3) is 0.909. The molecular weight excluding hydrogens is 400 g/mol. The molecule has 0 radical (unpaired) electrons. The smallest absolute Gasteiger partial charge is 0.311 e. The van der Waals surface area contributed by atoms with E-state index in [2.05, 4.69) is 74.7 Å². The highest BCUT2D eigenvalue weighted by Crippen LogP contribution is 2.42. The van der Waals surface area contributed by atoms with E-state index in [9.17, 15) is 9.59 Å². The van der Waals surface area contributed by atoms with Gasteiger partial charge >= 0.3 is 5.97 Å². The fourth-order valence-electron chi connectivity index (χ4n) is 3.07. The largest absolute Gasteiger partial charge is 0.462 e. The van der Waals surface area contributed by atoms with E-state index in [0.717, 1.165) is 6.29 Å². The van der Waals surface area contributed by atoms with Crippen molar-refractivity contribution in [3.05, 3.63) is 0 Å². The Labute approximate surface area is 180 Å². The van der Waals surface area contributed by atoms with E-state index in [-0.39, 0.29) is 40.1 Å². The van der Waals surface area contributed by atoms with Crippen molar-refractivity contribution >= 4 is 28.9 Å². The maximum Gasteiger partial charge on any atom is 0.311 e. The summed E-state index contributed by atoms with van der Waals surface area (Å²) in [6, 6.07) is 0. The van der Waals surface area contributed by atoms with Gasteiger partial charge in [-0.05, 0) is 43.2 Å². The van der Waals surface area contributed by atoms with Gasteiger partial charge in [-0.15, -0.1) is 0 Å². The molecule has 1 rings (SSSR count). The zero-order valence-corrected chi connectivity index (χ0v) is 22.7. The van der Waals surface area contributed by atoms with Crippen LogP contribution in [0.4, 0.5) is 0 Å². The molecule has 0 aromatic heterocycles. The zero-order chi connectivity index (χ0) is 23.0. The number of hydrogen-bond donors (Lipinski definition) is 0. The van der Waals surface area contributed by atoms with Crippen LogP contribution in [0, 0.1) is 11.8 Å². The van der Waals surface area contributed by atoms with Crippen LogP contribution in [0.15, 0.2) is 0 Å². The molecule has 0 N–H and O–H groups in total. The van der Waals surface area contributed by atoms with E-state index in [1.807, 2.05) is 6.92 Å². The van der Waals surface area contributed by atoms with Crippen molar-refractivity contribution in [3.63, 3.8) is 0 Å². The molecule has 29 heavy (non-hydrogen) atoms. The second kappa shape index (κ2) is 8.93. The van der Waals surface area contributed by atoms with E-state index in [1.165, 1.54) is 0 Å². The molecule has 0 aliphatic carbocycles. The molecule has 0 unspecified atom stereocenters. The van der Waals surface area contributed by atoms with E-state index in [4.69, 9.17) is 13.6 Å². The van der Waals surface area contributed by atoms with E-state index < -0.39 is 22.7 Å². The Kier molecular flexibility index (Phi) is 8.17. The molecule has 1 saturated heterocycles. The molecule has 0 aromatic carbocycles. The Bertz CT molecular complexity index is 589. The Morgan fingerprint density at radius 3 is 1.90 bits per heavy atom. The zero-order valence-electron chi connectivity index (χ0n) is 20.7. The Hall–Kier alpha value is -0.506. The number of carbonyl (C=O) groups excluding carboxylic acids is 2. The van der Waals surface area contributed by atoms with Gasteiger partial charge in [-0.3, -0.25) is 4.79 Å². The summed E-state index contributed by atoms with van der Waals surface area (Å²) in [5, 5.41) is 0.0612. The van der Waals surface area contributed by atoms with Gasteiger partial charge in [0.25, 0.3) is 0 Å². The summed E-state index contributed by atoms with van der Waals surface area (Å²) in [5.41, 5.74) is 0. The molecule has 170 valence electrons. The first-order valence-electron chi connectivity index (χ1n) is 10.9.